The first-order valence-corrected chi connectivity index (χ1v) is 7.87. The van der Waals surface area contributed by atoms with Crippen LogP contribution in [0.25, 0.3) is 11.0 Å². The van der Waals surface area contributed by atoms with Crippen LogP contribution in [0.2, 0.25) is 0 Å². The van der Waals surface area contributed by atoms with Gasteiger partial charge in [0.2, 0.25) is 0 Å². The largest absolute Gasteiger partial charge is 0.478 e. The molecule has 0 fully saturated rings. The summed E-state index contributed by atoms with van der Waals surface area (Å²) >= 11 is 0. The highest BCUT2D eigenvalue weighted by atomic mass is 16.4. The van der Waals surface area contributed by atoms with E-state index in [9.17, 15) is 14.7 Å². The number of aromatic carboxylic acids is 1. The third-order valence-electron chi connectivity index (χ3n) is 3.83. The van der Waals surface area contributed by atoms with Crippen molar-refractivity contribution >= 4 is 28.6 Å². The van der Waals surface area contributed by atoms with Crippen LogP contribution in [-0.4, -0.2) is 31.7 Å². The van der Waals surface area contributed by atoms with Crippen LogP contribution in [0, 0.1) is 6.92 Å². The van der Waals surface area contributed by atoms with Gasteiger partial charge in [0.05, 0.1) is 28.4 Å². The average Bonchev–Trinajstić information content (AvgIpc) is 2.98. The number of nitrogens with one attached hydrogen (secondary N) is 1. The summed E-state index contributed by atoms with van der Waals surface area (Å²) in [6.07, 6.45) is 1.61. The maximum absolute atomic E-state index is 12.8. The van der Waals surface area contributed by atoms with E-state index in [1.807, 2.05) is 13.8 Å². The topological polar surface area (TPSA) is 97.1 Å². The number of para-hydroxylation sites is 1. The number of carboxylic acid groups (broad SMARTS) is 1. The number of carboxylic acids is 1. The molecular formula is C18H18N4O3. The number of hydrogen-bond acceptors (Lipinski definition) is 4. The Morgan fingerprint density at radius 2 is 1.92 bits per heavy atom. The summed E-state index contributed by atoms with van der Waals surface area (Å²) in [5.74, 6) is -1.49. The molecule has 0 radical (unpaired) electrons. The molecule has 128 valence electrons. The number of benzene rings is 1. The standard InChI is InChI=1S/C18H18N4O3/c1-10(2)22-16-14(9-19-22)13(8-11(3)20-16)17(23)21-15-7-5-4-6-12(15)18(24)25/h4-10H,1-3H3,(H,21,23)(H,24,25). The Bertz CT molecular complexity index is 976. The molecule has 3 aromatic rings. The number of aromatic nitrogens is 3. The molecule has 0 unspecified atom stereocenters. The Labute approximate surface area is 144 Å². The Morgan fingerprint density at radius 1 is 1.20 bits per heavy atom. The van der Waals surface area contributed by atoms with Crippen LogP contribution in [0.4, 0.5) is 5.69 Å². The highest BCUT2D eigenvalue weighted by molar-refractivity contribution is 6.13. The summed E-state index contributed by atoms with van der Waals surface area (Å²) < 4.78 is 1.75. The van der Waals surface area contributed by atoms with Crippen LogP contribution < -0.4 is 5.32 Å². The Kier molecular flexibility index (Phi) is 4.22. The molecule has 1 aromatic carbocycles. The van der Waals surface area contributed by atoms with Gasteiger partial charge in [-0.05, 0) is 39.0 Å². The Morgan fingerprint density at radius 3 is 2.60 bits per heavy atom. The van der Waals surface area contributed by atoms with E-state index in [1.165, 1.54) is 6.07 Å². The van der Waals surface area contributed by atoms with Gasteiger partial charge in [-0.3, -0.25) is 4.79 Å². The van der Waals surface area contributed by atoms with Gasteiger partial charge in [0.1, 0.15) is 0 Å². The summed E-state index contributed by atoms with van der Waals surface area (Å²) in [5.41, 5.74) is 2.02. The first-order chi connectivity index (χ1) is 11.9. The number of aryl methyl sites for hydroxylation is 1. The molecule has 7 nitrogen and oxygen atoms in total. The second-order valence-electron chi connectivity index (χ2n) is 6.04. The number of anilines is 1. The van der Waals surface area contributed by atoms with E-state index in [0.29, 0.717) is 22.3 Å². The van der Waals surface area contributed by atoms with Crippen molar-refractivity contribution in [3.05, 3.63) is 53.3 Å². The van der Waals surface area contributed by atoms with Crippen molar-refractivity contribution < 1.29 is 14.7 Å². The van der Waals surface area contributed by atoms with Crippen LogP contribution in [-0.2, 0) is 0 Å². The summed E-state index contributed by atoms with van der Waals surface area (Å²) in [4.78, 5) is 28.6. The number of carbonyl (C=O) groups is 2. The number of nitrogens with zero attached hydrogens (tertiary/aromatic N) is 3. The summed E-state index contributed by atoms with van der Waals surface area (Å²) in [7, 11) is 0. The molecule has 2 aromatic heterocycles. The first-order valence-electron chi connectivity index (χ1n) is 7.87. The van der Waals surface area contributed by atoms with Crippen molar-refractivity contribution in [3.8, 4) is 0 Å². The van der Waals surface area contributed by atoms with E-state index in [-0.39, 0.29) is 17.3 Å². The minimum Gasteiger partial charge on any atom is -0.478 e. The van der Waals surface area contributed by atoms with E-state index in [0.717, 1.165) is 0 Å². The van der Waals surface area contributed by atoms with Gasteiger partial charge in [0.15, 0.2) is 5.65 Å². The molecular weight excluding hydrogens is 320 g/mol. The van der Waals surface area contributed by atoms with E-state index in [4.69, 9.17) is 0 Å². The van der Waals surface area contributed by atoms with Gasteiger partial charge in [0, 0.05) is 11.7 Å². The lowest BCUT2D eigenvalue weighted by Crippen LogP contribution is -2.15. The van der Waals surface area contributed by atoms with Gasteiger partial charge in [-0.25, -0.2) is 14.5 Å². The maximum Gasteiger partial charge on any atom is 0.337 e. The van der Waals surface area contributed by atoms with Gasteiger partial charge in [-0.15, -0.1) is 0 Å². The number of rotatable bonds is 4. The molecule has 0 spiro atoms. The van der Waals surface area contributed by atoms with Crippen molar-refractivity contribution in [2.24, 2.45) is 0 Å². The third kappa shape index (κ3) is 3.08. The molecule has 0 bridgehead atoms. The van der Waals surface area contributed by atoms with Gasteiger partial charge >= 0.3 is 5.97 Å². The second-order valence-corrected chi connectivity index (χ2v) is 6.04. The minimum absolute atomic E-state index is 0.0377. The predicted octanol–water partition coefficient (Wildman–Crippen LogP) is 3.27. The summed E-state index contributed by atoms with van der Waals surface area (Å²) in [6, 6.07) is 8.07. The molecule has 1 amide bonds. The van der Waals surface area contributed by atoms with Crippen LogP contribution in [0.15, 0.2) is 36.5 Å². The molecule has 0 aliphatic carbocycles. The zero-order valence-electron chi connectivity index (χ0n) is 14.1. The average molecular weight is 338 g/mol. The van der Waals surface area contributed by atoms with Crippen LogP contribution in [0.3, 0.4) is 0 Å². The number of fused-ring (bicyclic) bond motifs is 1. The van der Waals surface area contributed by atoms with E-state index < -0.39 is 11.9 Å². The van der Waals surface area contributed by atoms with Crippen molar-refractivity contribution in [2.75, 3.05) is 5.32 Å². The van der Waals surface area contributed by atoms with Gasteiger partial charge in [-0.2, -0.15) is 5.10 Å². The zero-order valence-corrected chi connectivity index (χ0v) is 14.1. The Balaban J connectivity index is 2.05. The second kappa shape index (κ2) is 6.35. The van der Waals surface area contributed by atoms with Crippen LogP contribution >= 0.6 is 0 Å². The van der Waals surface area contributed by atoms with Gasteiger partial charge in [-0.1, -0.05) is 12.1 Å². The highest BCUT2D eigenvalue weighted by Gasteiger charge is 2.18. The molecule has 3 rings (SSSR count). The van der Waals surface area contributed by atoms with E-state index >= 15 is 0 Å². The maximum atomic E-state index is 12.8. The molecule has 7 heteroatoms. The number of amides is 1. The third-order valence-corrected chi connectivity index (χ3v) is 3.83. The SMILES string of the molecule is Cc1cc(C(=O)Nc2ccccc2C(=O)O)c2cnn(C(C)C)c2n1. The van der Waals surface area contributed by atoms with Crippen molar-refractivity contribution in [3.63, 3.8) is 0 Å². The molecule has 0 saturated carbocycles. The quantitative estimate of drug-likeness (QED) is 0.761. The van der Waals surface area contributed by atoms with Crippen molar-refractivity contribution in [1.82, 2.24) is 14.8 Å². The molecule has 0 saturated heterocycles. The highest BCUT2D eigenvalue weighted by Crippen LogP contribution is 2.23. The molecule has 0 aliphatic heterocycles. The fourth-order valence-corrected chi connectivity index (χ4v) is 2.68. The molecule has 25 heavy (non-hydrogen) atoms. The van der Waals surface area contributed by atoms with E-state index in [1.54, 1.807) is 42.1 Å². The number of hydrogen-bond donors (Lipinski definition) is 2. The Hall–Kier alpha value is -3.22. The summed E-state index contributed by atoms with van der Waals surface area (Å²) in [5, 5.41) is 16.9. The van der Waals surface area contributed by atoms with Crippen LogP contribution in [0.5, 0.6) is 0 Å². The van der Waals surface area contributed by atoms with Gasteiger partial charge < -0.3 is 10.4 Å². The van der Waals surface area contributed by atoms with Gasteiger partial charge in [0.25, 0.3) is 5.91 Å². The lowest BCUT2D eigenvalue weighted by molar-refractivity contribution is 0.0698. The van der Waals surface area contributed by atoms with Crippen molar-refractivity contribution in [2.45, 2.75) is 26.8 Å². The fraction of sp³-hybridized carbons (Fsp3) is 0.222. The molecule has 0 aliphatic rings. The lowest BCUT2D eigenvalue weighted by atomic mass is 10.1. The van der Waals surface area contributed by atoms with Crippen molar-refractivity contribution in [1.29, 1.82) is 0 Å². The first kappa shape index (κ1) is 16.6. The minimum atomic E-state index is -1.10. The number of carbonyl (C=O) groups excluding carboxylic acids is 1. The van der Waals surface area contributed by atoms with E-state index in [2.05, 4.69) is 15.4 Å². The summed E-state index contributed by atoms with van der Waals surface area (Å²) in [6.45, 7) is 5.78. The smallest absolute Gasteiger partial charge is 0.337 e. The molecule has 2 N–H and O–H groups in total. The predicted molar refractivity (Wildman–Crippen MR) is 94.0 cm³/mol. The fourth-order valence-electron chi connectivity index (χ4n) is 2.68. The van der Waals surface area contributed by atoms with Crippen LogP contribution in [0.1, 0.15) is 46.3 Å². The lowest BCUT2D eigenvalue weighted by Gasteiger charge is -2.11. The normalized spacial score (nSPS) is 11.0. The zero-order chi connectivity index (χ0) is 18.1. The number of pyridine rings is 1. The molecule has 0 atom stereocenters. The molecule has 2 heterocycles. The monoisotopic (exact) mass is 338 g/mol.